The monoisotopic (exact) mass is 268 g/mol. The number of aliphatic hydroxyl groups excluding tert-OH is 2. The predicted molar refractivity (Wildman–Crippen MR) is 64.9 cm³/mol. The largest absolute Gasteiger partial charge is 0.394 e. The second-order valence-corrected chi connectivity index (χ2v) is 5.14. The molecule has 7 nitrogen and oxygen atoms in total. The fraction of sp³-hybridized carbons (Fsp3) is 0.667. The molecule has 1 aliphatic heterocycles. The molecule has 19 heavy (non-hydrogen) atoms. The van der Waals surface area contributed by atoms with Gasteiger partial charge < -0.3 is 14.9 Å². The molecule has 1 aromatic heterocycles. The van der Waals surface area contributed by atoms with E-state index in [1.54, 1.807) is 0 Å². The maximum atomic E-state index is 11.8. The number of ether oxygens (including phenoxy) is 1. The summed E-state index contributed by atoms with van der Waals surface area (Å²) < 4.78 is 6.73. The van der Waals surface area contributed by atoms with Crippen molar-refractivity contribution < 1.29 is 14.9 Å². The molecule has 1 saturated carbocycles. The Hall–Kier alpha value is -1.44. The Morgan fingerprint density at radius 1 is 1.42 bits per heavy atom. The normalized spacial score (nSPS) is 30.7. The number of nitrogens with one attached hydrogen (secondary N) is 1. The molecule has 1 aromatic rings. The van der Waals surface area contributed by atoms with Gasteiger partial charge in [0.25, 0.3) is 5.56 Å². The van der Waals surface area contributed by atoms with Crippen molar-refractivity contribution in [3.05, 3.63) is 32.6 Å². The molecule has 1 saturated heterocycles. The molecule has 3 atom stereocenters. The van der Waals surface area contributed by atoms with Crippen molar-refractivity contribution in [1.82, 2.24) is 9.55 Å². The number of H-pyrrole nitrogens is 1. The van der Waals surface area contributed by atoms with Gasteiger partial charge in [0.1, 0.15) is 12.3 Å². The van der Waals surface area contributed by atoms with Gasteiger partial charge in [0.15, 0.2) is 0 Å². The zero-order chi connectivity index (χ0) is 13.6. The second kappa shape index (κ2) is 4.59. The van der Waals surface area contributed by atoms with Crippen LogP contribution in [0.15, 0.2) is 15.8 Å². The molecule has 0 radical (unpaired) electrons. The van der Waals surface area contributed by atoms with Gasteiger partial charge in [0, 0.05) is 18.2 Å². The van der Waals surface area contributed by atoms with E-state index < -0.39 is 24.1 Å². The van der Waals surface area contributed by atoms with E-state index in [0.717, 1.165) is 12.8 Å². The predicted octanol–water partition coefficient (Wildman–Crippen LogP) is -0.945. The number of nitrogens with zero attached hydrogens (tertiary/aromatic N) is 1. The van der Waals surface area contributed by atoms with Crippen molar-refractivity contribution in [2.45, 2.75) is 43.6 Å². The minimum absolute atomic E-state index is 0.218. The minimum atomic E-state index is -0.807. The summed E-state index contributed by atoms with van der Waals surface area (Å²) in [7, 11) is 0. The van der Waals surface area contributed by atoms with Gasteiger partial charge in [-0.2, -0.15) is 0 Å². The Morgan fingerprint density at radius 3 is 2.74 bits per heavy atom. The first-order valence-electron chi connectivity index (χ1n) is 6.40. The molecule has 104 valence electrons. The number of aromatic amines is 1. The molecule has 0 amide bonds. The van der Waals surface area contributed by atoms with Gasteiger partial charge in [0.2, 0.25) is 0 Å². The van der Waals surface area contributed by atoms with Crippen LogP contribution in [0.4, 0.5) is 0 Å². The fourth-order valence-electron chi connectivity index (χ4n) is 2.45. The lowest BCUT2D eigenvalue weighted by Crippen LogP contribution is -2.34. The summed E-state index contributed by atoms with van der Waals surface area (Å²) in [5.74, 6) is 0.218. The lowest BCUT2D eigenvalue weighted by Gasteiger charge is -2.15. The van der Waals surface area contributed by atoms with Gasteiger partial charge in [0.05, 0.1) is 12.7 Å². The van der Waals surface area contributed by atoms with Crippen molar-refractivity contribution in [2.75, 3.05) is 6.61 Å². The molecule has 3 rings (SSSR count). The van der Waals surface area contributed by atoms with E-state index in [0.29, 0.717) is 5.56 Å². The average Bonchev–Trinajstić information content (AvgIpc) is 3.13. The van der Waals surface area contributed by atoms with E-state index in [4.69, 9.17) is 9.84 Å². The Morgan fingerprint density at radius 2 is 2.16 bits per heavy atom. The van der Waals surface area contributed by atoms with Gasteiger partial charge >= 0.3 is 5.69 Å². The maximum Gasteiger partial charge on any atom is 0.330 e. The van der Waals surface area contributed by atoms with E-state index in [1.807, 2.05) is 0 Å². The molecule has 1 aliphatic carbocycles. The molecule has 3 N–H and O–H groups in total. The highest BCUT2D eigenvalue weighted by molar-refractivity contribution is 5.17. The molecule has 2 heterocycles. The zero-order valence-electron chi connectivity index (χ0n) is 10.3. The van der Waals surface area contributed by atoms with E-state index >= 15 is 0 Å². The summed E-state index contributed by atoms with van der Waals surface area (Å²) in [5, 5.41) is 18.7. The van der Waals surface area contributed by atoms with Crippen LogP contribution < -0.4 is 11.2 Å². The molecular weight excluding hydrogens is 252 g/mol. The molecule has 7 heteroatoms. The van der Waals surface area contributed by atoms with Crippen LogP contribution in [-0.2, 0) is 4.74 Å². The van der Waals surface area contributed by atoms with E-state index in [9.17, 15) is 14.7 Å². The lowest BCUT2D eigenvalue weighted by atomic mass is 10.2. The van der Waals surface area contributed by atoms with Gasteiger partial charge in [-0.1, -0.05) is 0 Å². The molecule has 0 spiro atoms. The third kappa shape index (κ3) is 2.24. The van der Waals surface area contributed by atoms with Crippen LogP contribution >= 0.6 is 0 Å². The summed E-state index contributed by atoms with van der Waals surface area (Å²) >= 11 is 0. The zero-order valence-corrected chi connectivity index (χ0v) is 10.3. The van der Waals surface area contributed by atoms with Gasteiger partial charge in [-0.15, -0.1) is 0 Å². The quantitative estimate of drug-likeness (QED) is 0.656. The van der Waals surface area contributed by atoms with Crippen molar-refractivity contribution in [3.63, 3.8) is 0 Å². The Labute approximate surface area is 108 Å². The number of hydrogen-bond donors (Lipinski definition) is 3. The van der Waals surface area contributed by atoms with Crippen molar-refractivity contribution in [2.24, 2.45) is 0 Å². The van der Waals surface area contributed by atoms with Crippen LogP contribution in [-0.4, -0.2) is 38.6 Å². The summed E-state index contributed by atoms with van der Waals surface area (Å²) in [6.07, 6.45) is 1.51. The Kier molecular flexibility index (Phi) is 3.04. The summed E-state index contributed by atoms with van der Waals surface area (Å²) in [5.41, 5.74) is -0.309. The number of aliphatic hydroxyl groups is 2. The van der Waals surface area contributed by atoms with Gasteiger partial charge in [-0.05, 0) is 18.8 Å². The third-order valence-electron chi connectivity index (χ3n) is 3.71. The number of hydrogen-bond acceptors (Lipinski definition) is 5. The molecule has 0 unspecified atom stereocenters. The SMILES string of the molecule is O=c1[nH]c(=O)n([C@H]2C[C@H](O)[C@@H](CO)O2)cc1C1CC1. The highest BCUT2D eigenvalue weighted by Crippen LogP contribution is 2.38. The van der Waals surface area contributed by atoms with Crippen LogP contribution in [0, 0.1) is 0 Å². The lowest BCUT2D eigenvalue weighted by molar-refractivity contribution is -0.0460. The highest BCUT2D eigenvalue weighted by atomic mass is 16.5. The second-order valence-electron chi connectivity index (χ2n) is 5.14. The number of aromatic nitrogens is 2. The average molecular weight is 268 g/mol. The fourth-order valence-corrected chi connectivity index (χ4v) is 2.45. The van der Waals surface area contributed by atoms with Gasteiger partial charge in [-0.3, -0.25) is 14.3 Å². The highest BCUT2D eigenvalue weighted by Gasteiger charge is 2.36. The Balaban J connectivity index is 1.95. The first kappa shape index (κ1) is 12.6. The van der Waals surface area contributed by atoms with Crippen molar-refractivity contribution in [1.29, 1.82) is 0 Å². The van der Waals surface area contributed by atoms with Crippen LogP contribution in [0.3, 0.4) is 0 Å². The molecule has 0 aromatic carbocycles. The maximum absolute atomic E-state index is 11.8. The van der Waals surface area contributed by atoms with Crippen LogP contribution in [0.25, 0.3) is 0 Å². The van der Waals surface area contributed by atoms with Crippen LogP contribution in [0.5, 0.6) is 0 Å². The molecule has 2 aliphatic rings. The molecule has 0 bridgehead atoms. The van der Waals surface area contributed by atoms with Crippen molar-refractivity contribution in [3.8, 4) is 0 Å². The van der Waals surface area contributed by atoms with E-state index in [-0.39, 0.29) is 24.5 Å². The van der Waals surface area contributed by atoms with E-state index in [1.165, 1.54) is 10.8 Å². The first-order chi connectivity index (χ1) is 9.10. The van der Waals surface area contributed by atoms with Crippen molar-refractivity contribution >= 4 is 0 Å². The Bertz CT molecular complexity index is 589. The summed E-state index contributed by atoms with van der Waals surface area (Å²) in [6, 6.07) is 0. The minimum Gasteiger partial charge on any atom is -0.394 e. The smallest absolute Gasteiger partial charge is 0.330 e. The van der Waals surface area contributed by atoms with Crippen LogP contribution in [0.1, 0.15) is 37.0 Å². The third-order valence-corrected chi connectivity index (χ3v) is 3.71. The topological polar surface area (TPSA) is 105 Å². The summed E-state index contributed by atoms with van der Waals surface area (Å²) in [6.45, 7) is -0.300. The van der Waals surface area contributed by atoms with Gasteiger partial charge in [-0.25, -0.2) is 4.79 Å². The van der Waals surface area contributed by atoms with Crippen LogP contribution in [0.2, 0.25) is 0 Å². The first-order valence-corrected chi connectivity index (χ1v) is 6.40. The molecule has 2 fully saturated rings. The standard InChI is InChI=1S/C12H16N2O5/c15-5-9-8(16)3-10(19-9)14-4-7(6-1-2-6)11(17)13-12(14)18/h4,6,8-10,15-16H,1-3,5H2,(H,13,17,18)/t8-,9+,10+/m0/s1. The summed E-state index contributed by atoms with van der Waals surface area (Å²) in [4.78, 5) is 25.8. The molecular formula is C12H16N2O5. The van der Waals surface area contributed by atoms with E-state index in [2.05, 4.69) is 4.98 Å². The number of rotatable bonds is 3.